The Balaban J connectivity index is 2.17. The normalized spacial score (nSPS) is 18.6. The summed E-state index contributed by atoms with van der Waals surface area (Å²) < 4.78 is 4.28. The SMILES string of the molecule is O=C(O)CS1=CNC(c2cccc(Cl)c2)=N1. The van der Waals surface area contributed by atoms with E-state index in [-0.39, 0.29) is 5.75 Å². The molecule has 4 nitrogen and oxygen atoms in total. The maximum atomic E-state index is 10.5. The van der Waals surface area contributed by atoms with Gasteiger partial charge in [0.25, 0.3) is 0 Å². The van der Waals surface area contributed by atoms with Crippen LogP contribution in [0.5, 0.6) is 0 Å². The van der Waals surface area contributed by atoms with Gasteiger partial charge in [-0.25, -0.2) is 4.40 Å². The molecule has 0 saturated carbocycles. The summed E-state index contributed by atoms with van der Waals surface area (Å²) in [7, 11) is -0.585. The largest absolute Gasteiger partial charge is 0.481 e. The van der Waals surface area contributed by atoms with Gasteiger partial charge in [0.1, 0.15) is 11.6 Å². The molecule has 0 aliphatic carbocycles. The van der Waals surface area contributed by atoms with Crippen molar-refractivity contribution in [1.29, 1.82) is 0 Å². The minimum absolute atomic E-state index is 0.0249. The van der Waals surface area contributed by atoms with Gasteiger partial charge < -0.3 is 10.4 Å². The van der Waals surface area contributed by atoms with E-state index < -0.39 is 16.6 Å². The fourth-order valence-electron chi connectivity index (χ4n) is 1.27. The number of carboxylic acids is 1. The maximum Gasteiger partial charge on any atom is 0.314 e. The van der Waals surface area contributed by atoms with Crippen LogP contribution < -0.4 is 5.32 Å². The number of benzene rings is 1. The van der Waals surface area contributed by atoms with Crippen molar-refractivity contribution in [2.45, 2.75) is 0 Å². The topological polar surface area (TPSA) is 61.7 Å². The highest BCUT2D eigenvalue weighted by molar-refractivity contribution is 8.14. The molecule has 1 aliphatic heterocycles. The van der Waals surface area contributed by atoms with Crippen molar-refractivity contribution in [3.8, 4) is 0 Å². The number of nitrogens with one attached hydrogen (secondary N) is 1. The van der Waals surface area contributed by atoms with E-state index in [1.807, 2.05) is 12.1 Å². The van der Waals surface area contributed by atoms with Crippen LogP contribution in [0.4, 0.5) is 0 Å². The van der Waals surface area contributed by atoms with Crippen molar-refractivity contribution in [2.24, 2.45) is 4.40 Å². The lowest BCUT2D eigenvalue weighted by Crippen LogP contribution is -2.18. The summed E-state index contributed by atoms with van der Waals surface area (Å²) in [6.07, 6.45) is 0. The second-order valence-corrected chi connectivity index (χ2v) is 5.10. The van der Waals surface area contributed by atoms with Gasteiger partial charge in [-0.3, -0.25) is 4.79 Å². The van der Waals surface area contributed by atoms with Crippen LogP contribution in [0.1, 0.15) is 5.56 Å². The monoisotopic (exact) mass is 256 g/mol. The molecule has 0 radical (unpaired) electrons. The molecule has 0 bridgehead atoms. The zero-order valence-electron chi connectivity index (χ0n) is 8.18. The summed E-state index contributed by atoms with van der Waals surface area (Å²) in [6, 6.07) is 7.27. The first kappa shape index (κ1) is 11.2. The number of aliphatic carboxylic acids is 1. The molecule has 6 heteroatoms. The third-order valence-electron chi connectivity index (χ3n) is 1.91. The molecule has 0 aromatic heterocycles. The third kappa shape index (κ3) is 2.62. The number of hydrogen-bond donors (Lipinski definition) is 2. The third-order valence-corrected chi connectivity index (χ3v) is 3.49. The zero-order valence-corrected chi connectivity index (χ0v) is 9.76. The predicted molar refractivity (Wildman–Crippen MR) is 67.3 cm³/mol. The highest BCUT2D eigenvalue weighted by Crippen LogP contribution is 2.20. The van der Waals surface area contributed by atoms with Crippen molar-refractivity contribution in [3.63, 3.8) is 0 Å². The molecular formula is C10H9ClN2O2S. The Bertz CT molecular complexity index is 499. The van der Waals surface area contributed by atoms with Crippen molar-refractivity contribution in [1.82, 2.24) is 5.32 Å². The van der Waals surface area contributed by atoms with Gasteiger partial charge in [0, 0.05) is 16.1 Å². The van der Waals surface area contributed by atoms with Crippen LogP contribution in [-0.4, -0.2) is 28.2 Å². The van der Waals surface area contributed by atoms with Gasteiger partial charge in [-0.1, -0.05) is 23.7 Å². The number of amidine groups is 1. The Kier molecular flexibility index (Phi) is 3.26. The second kappa shape index (κ2) is 4.67. The number of hydrogen-bond acceptors (Lipinski definition) is 3. The molecule has 0 fully saturated rings. The minimum atomic E-state index is -0.850. The van der Waals surface area contributed by atoms with Crippen LogP contribution in [0.25, 0.3) is 0 Å². The van der Waals surface area contributed by atoms with E-state index in [0.29, 0.717) is 10.9 Å². The molecule has 0 spiro atoms. The average molecular weight is 257 g/mol. The summed E-state index contributed by atoms with van der Waals surface area (Å²) in [4.78, 5) is 10.5. The van der Waals surface area contributed by atoms with Gasteiger partial charge in [0.15, 0.2) is 0 Å². The first-order valence-electron chi connectivity index (χ1n) is 4.51. The Hall–Kier alpha value is -1.33. The van der Waals surface area contributed by atoms with Crippen LogP contribution >= 0.6 is 22.3 Å². The number of carbonyl (C=O) groups is 1. The number of halogens is 1. The van der Waals surface area contributed by atoms with Gasteiger partial charge in [-0.2, -0.15) is 0 Å². The fraction of sp³-hybridized carbons (Fsp3) is 0.100. The van der Waals surface area contributed by atoms with Crippen molar-refractivity contribution >= 4 is 39.6 Å². The smallest absolute Gasteiger partial charge is 0.314 e. The Morgan fingerprint density at radius 2 is 2.38 bits per heavy atom. The maximum absolute atomic E-state index is 10.5. The predicted octanol–water partition coefficient (Wildman–Crippen LogP) is 1.72. The van der Waals surface area contributed by atoms with E-state index in [1.165, 1.54) is 0 Å². The van der Waals surface area contributed by atoms with E-state index in [1.54, 1.807) is 17.6 Å². The summed E-state index contributed by atoms with van der Waals surface area (Å²) in [5.74, 6) is -0.151. The quantitative estimate of drug-likeness (QED) is 0.810. The first-order chi connectivity index (χ1) is 7.65. The van der Waals surface area contributed by atoms with E-state index in [4.69, 9.17) is 16.7 Å². The Morgan fingerprint density at radius 1 is 1.56 bits per heavy atom. The van der Waals surface area contributed by atoms with Crippen molar-refractivity contribution in [2.75, 3.05) is 5.75 Å². The second-order valence-electron chi connectivity index (χ2n) is 3.15. The molecule has 1 heterocycles. The van der Waals surface area contributed by atoms with Crippen molar-refractivity contribution in [3.05, 3.63) is 34.9 Å². The molecule has 1 aromatic carbocycles. The number of rotatable bonds is 3. The Labute approximate surface area is 100 Å². The fourth-order valence-corrected chi connectivity index (χ4v) is 2.55. The molecule has 84 valence electrons. The van der Waals surface area contributed by atoms with E-state index in [0.717, 1.165) is 5.56 Å². The van der Waals surface area contributed by atoms with Gasteiger partial charge in [0.05, 0.1) is 0 Å². The molecular weight excluding hydrogens is 248 g/mol. The lowest BCUT2D eigenvalue weighted by Gasteiger charge is -2.00. The Morgan fingerprint density at radius 3 is 3.06 bits per heavy atom. The summed E-state index contributed by atoms with van der Waals surface area (Å²) in [6.45, 7) is 0. The van der Waals surface area contributed by atoms with Crippen LogP contribution in [0.2, 0.25) is 5.02 Å². The van der Waals surface area contributed by atoms with Crippen LogP contribution in [-0.2, 0) is 4.79 Å². The van der Waals surface area contributed by atoms with E-state index in [9.17, 15) is 4.79 Å². The average Bonchev–Trinajstić information content (AvgIpc) is 2.65. The molecule has 1 unspecified atom stereocenters. The summed E-state index contributed by atoms with van der Waals surface area (Å²) in [5.41, 5.74) is 2.56. The van der Waals surface area contributed by atoms with Crippen molar-refractivity contribution < 1.29 is 9.90 Å². The molecule has 1 atom stereocenters. The van der Waals surface area contributed by atoms with Gasteiger partial charge in [0.2, 0.25) is 0 Å². The standard InChI is InChI=1S/C10H9ClN2O2S/c11-8-3-1-2-7(4-8)10-12-6-16(13-10)5-9(14)15/h1-4,6H,5H2,(H,12,13)(H,14,15). The molecule has 1 aliphatic rings. The van der Waals surface area contributed by atoms with Crippen LogP contribution in [0.3, 0.4) is 0 Å². The highest BCUT2D eigenvalue weighted by atomic mass is 35.5. The number of carboxylic acid groups (broad SMARTS) is 1. The lowest BCUT2D eigenvalue weighted by atomic mass is 10.2. The summed E-state index contributed by atoms with van der Waals surface area (Å²) in [5, 5.41) is 12.2. The van der Waals surface area contributed by atoms with Crippen LogP contribution in [0, 0.1) is 0 Å². The molecule has 2 rings (SSSR count). The molecule has 2 N–H and O–H groups in total. The minimum Gasteiger partial charge on any atom is -0.481 e. The highest BCUT2D eigenvalue weighted by Gasteiger charge is 2.11. The first-order valence-corrected chi connectivity index (χ1v) is 6.30. The summed E-state index contributed by atoms with van der Waals surface area (Å²) >= 11 is 5.86. The van der Waals surface area contributed by atoms with Gasteiger partial charge in [-0.15, -0.1) is 0 Å². The number of nitrogens with zero attached hydrogens (tertiary/aromatic N) is 1. The van der Waals surface area contributed by atoms with Crippen LogP contribution in [0.15, 0.2) is 28.7 Å². The van der Waals surface area contributed by atoms with Gasteiger partial charge >= 0.3 is 5.97 Å². The lowest BCUT2D eigenvalue weighted by molar-refractivity contribution is -0.133. The van der Waals surface area contributed by atoms with E-state index >= 15 is 0 Å². The van der Waals surface area contributed by atoms with E-state index in [2.05, 4.69) is 9.71 Å². The molecule has 0 amide bonds. The molecule has 16 heavy (non-hydrogen) atoms. The van der Waals surface area contributed by atoms with Gasteiger partial charge in [-0.05, 0) is 22.8 Å². The molecule has 1 aromatic rings. The molecule has 0 saturated heterocycles. The zero-order chi connectivity index (χ0) is 11.5.